The van der Waals surface area contributed by atoms with Gasteiger partial charge in [0.05, 0.1) is 10.9 Å². The summed E-state index contributed by atoms with van der Waals surface area (Å²) in [6.45, 7) is 4.97. The summed E-state index contributed by atoms with van der Waals surface area (Å²) in [7, 11) is 0. The van der Waals surface area contributed by atoms with Crippen molar-refractivity contribution < 1.29 is 4.79 Å². The van der Waals surface area contributed by atoms with E-state index in [1.54, 1.807) is 6.07 Å². The van der Waals surface area contributed by atoms with E-state index in [0.29, 0.717) is 42.7 Å². The molecule has 6 nitrogen and oxygen atoms in total. The van der Waals surface area contributed by atoms with Crippen molar-refractivity contribution in [2.45, 2.75) is 19.8 Å². The average molecular weight is 411 g/mol. The third-order valence-electron chi connectivity index (χ3n) is 5.38. The van der Waals surface area contributed by atoms with Crippen molar-refractivity contribution in [1.29, 1.82) is 0 Å². The maximum absolute atomic E-state index is 12.7. The van der Waals surface area contributed by atoms with E-state index in [9.17, 15) is 9.59 Å². The number of aromatic amines is 1. The van der Waals surface area contributed by atoms with Crippen LogP contribution >= 0.6 is 11.6 Å². The van der Waals surface area contributed by atoms with Crippen LogP contribution in [0.15, 0.2) is 47.3 Å². The first-order chi connectivity index (χ1) is 14.0. The number of piperazine rings is 1. The van der Waals surface area contributed by atoms with Crippen LogP contribution in [0, 0.1) is 6.92 Å². The van der Waals surface area contributed by atoms with Crippen LogP contribution in [0.3, 0.4) is 0 Å². The SMILES string of the molecule is Cc1ccc(Cl)cc1N1CCN(C(=O)CCc2nc3ccccc3c(=O)[nH]2)CC1. The fourth-order valence-electron chi connectivity index (χ4n) is 3.76. The van der Waals surface area contributed by atoms with Gasteiger partial charge in [-0.2, -0.15) is 0 Å². The molecule has 0 aliphatic carbocycles. The number of para-hydroxylation sites is 1. The second kappa shape index (κ2) is 8.25. The van der Waals surface area contributed by atoms with Crippen molar-refractivity contribution in [3.63, 3.8) is 0 Å². The summed E-state index contributed by atoms with van der Waals surface area (Å²) in [5, 5.41) is 1.29. The Morgan fingerprint density at radius 1 is 1.14 bits per heavy atom. The van der Waals surface area contributed by atoms with Crippen molar-refractivity contribution in [3.8, 4) is 0 Å². The minimum absolute atomic E-state index is 0.0864. The normalized spacial score (nSPS) is 14.4. The molecule has 0 radical (unpaired) electrons. The molecule has 29 heavy (non-hydrogen) atoms. The zero-order valence-electron chi connectivity index (χ0n) is 16.3. The van der Waals surface area contributed by atoms with Gasteiger partial charge < -0.3 is 14.8 Å². The highest BCUT2D eigenvalue weighted by Crippen LogP contribution is 2.25. The average Bonchev–Trinajstić information content (AvgIpc) is 2.74. The summed E-state index contributed by atoms with van der Waals surface area (Å²) in [5.41, 5.74) is 2.80. The maximum atomic E-state index is 12.7. The number of benzene rings is 2. The number of fused-ring (bicyclic) bond motifs is 1. The molecule has 0 bridgehead atoms. The molecule has 1 N–H and O–H groups in total. The Hall–Kier alpha value is -2.86. The number of amides is 1. The number of H-pyrrole nitrogens is 1. The molecule has 7 heteroatoms. The van der Waals surface area contributed by atoms with Crippen LogP contribution in [0.5, 0.6) is 0 Å². The zero-order chi connectivity index (χ0) is 20.4. The molecule has 150 valence electrons. The van der Waals surface area contributed by atoms with Gasteiger partial charge in [-0.15, -0.1) is 0 Å². The largest absolute Gasteiger partial charge is 0.368 e. The van der Waals surface area contributed by atoms with Crippen molar-refractivity contribution in [3.05, 3.63) is 69.2 Å². The minimum atomic E-state index is -0.163. The van der Waals surface area contributed by atoms with Gasteiger partial charge in [-0.25, -0.2) is 4.98 Å². The Bertz CT molecular complexity index is 1100. The molecule has 2 aromatic carbocycles. The number of rotatable bonds is 4. The summed E-state index contributed by atoms with van der Waals surface area (Å²) in [6.07, 6.45) is 0.754. The Labute approximate surface area is 174 Å². The van der Waals surface area contributed by atoms with Crippen LogP contribution < -0.4 is 10.5 Å². The molecular formula is C22H23ClN4O2. The van der Waals surface area contributed by atoms with Gasteiger partial charge in [0.2, 0.25) is 5.91 Å². The summed E-state index contributed by atoms with van der Waals surface area (Å²) >= 11 is 6.14. The minimum Gasteiger partial charge on any atom is -0.368 e. The molecule has 2 heterocycles. The van der Waals surface area contributed by atoms with Gasteiger partial charge in [0.25, 0.3) is 5.56 Å². The molecule has 1 fully saturated rings. The molecular weight excluding hydrogens is 388 g/mol. The lowest BCUT2D eigenvalue weighted by Crippen LogP contribution is -2.49. The van der Waals surface area contributed by atoms with Crippen molar-refractivity contribution in [1.82, 2.24) is 14.9 Å². The number of anilines is 1. The highest BCUT2D eigenvalue weighted by molar-refractivity contribution is 6.30. The van der Waals surface area contributed by atoms with E-state index in [4.69, 9.17) is 11.6 Å². The number of aromatic nitrogens is 2. The smallest absolute Gasteiger partial charge is 0.258 e. The van der Waals surface area contributed by atoms with E-state index in [1.807, 2.05) is 41.3 Å². The Balaban J connectivity index is 1.36. The number of halogens is 1. The first-order valence-electron chi connectivity index (χ1n) is 9.78. The van der Waals surface area contributed by atoms with Crippen LogP contribution in [0.1, 0.15) is 17.8 Å². The summed E-state index contributed by atoms with van der Waals surface area (Å²) < 4.78 is 0. The molecule has 1 amide bonds. The quantitative estimate of drug-likeness (QED) is 0.717. The molecule has 0 saturated carbocycles. The fraction of sp³-hybridized carbons (Fsp3) is 0.318. The standard InChI is InChI=1S/C22H23ClN4O2/c1-15-6-7-16(23)14-19(15)26-10-12-27(13-11-26)21(28)9-8-20-24-18-5-3-2-4-17(18)22(29)25-20/h2-7,14H,8-13H2,1H3,(H,24,25,29). The first kappa shape index (κ1) is 19.5. The highest BCUT2D eigenvalue weighted by atomic mass is 35.5. The van der Waals surface area contributed by atoms with E-state index in [-0.39, 0.29) is 11.5 Å². The van der Waals surface area contributed by atoms with Crippen molar-refractivity contribution >= 4 is 34.1 Å². The fourth-order valence-corrected chi connectivity index (χ4v) is 3.92. The Morgan fingerprint density at radius 3 is 2.69 bits per heavy atom. The second-order valence-corrected chi connectivity index (χ2v) is 7.76. The molecule has 1 aliphatic rings. The van der Waals surface area contributed by atoms with Gasteiger partial charge in [-0.05, 0) is 36.8 Å². The molecule has 4 rings (SSSR count). The molecule has 1 aliphatic heterocycles. The highest BCUT2D eigenvalue weighted by Gasteiger charge is 2.22. The van der Waals surface area contributed by atoms with Gasteiger partial charge in [0.1, 0.15) is 5.82 Å². The Morgan fingerprint density at radius 2 is 1.90 bits per heavy atom. The lowest BCUT2D eigenvalue weighted by molar-refractivity contribution is -0.131. The number of hydrogen-bond donors (Lipinski definition) is 1. The van der Waals surface area contributed by atoms with Gasteiger partial charge in [0.15, 0.2) is 0 Å². The van der Waals surface area contributed by atoms with E-state index in [2.05, 4.69) is 21.8 Å². The number of nitrogens with zero attached hydrogens (tertiary/aromatic N) is 3. The van der Waals surface area contributed by atoms with E-state index < -0.39 is 0 Å². The first-order valence-corrected chi connectivity index (χ1v) is 10.2. The zero-order valence-corrected chi connectivity index (χ0v) is 17.1. The van der Waals surface area contributed by atoms with E-state index in [0.717, 1.165) is 23.8 Å². The van der Waals surface area contributed by atoms with E-state index >= 15 is 0 Å². The monoisotopic (exact) mass is 410 g/mol. The lowest BCUT2D eigenvalue weighted by atomic mass is 10.1. The second-order valence-electron chi connectivity index (χ2n) is 7.33. The van der Waals surface area contributed by atoms with Gasteiger partial charge in [0, 0.05) is 49.7 Å². The van der Waals surface area contributed by atoms with Crippen LogP contribution in [0.25, 0.3) is 10.9 Å². The predicted molar refractivity (Wildman–Crippen MR) is 116 cm³/mol. The van der Waals surface area contributed by atoms with Crippen LogP contribution in [0.2, 0.25) is 5.02 Å². The Kier molecular flexibility index (Phi) is 5.53. The maximum Gasteiger partial charge on any atom is 0.258 e. The summed E-state index contributed by atoms with van der Waals surface area (Å²) in [4.78, 5) is 36.2. The summed E-state index contributed by atoms with van der Waals surface area (Å²) in [5.74, 6) is 0.638. The molecule has 0 unspecified atom stereocenters. The van der Waals surface area contributed by atoms with Gasteiger partial charge in [-0.1, -0.05) is 29.8 Å². The molecule has 0 atom stereocenters. The van der Waals surface area contributed by atoms with Crippen LogP contribution in [-0.2, 0) is 11.2 Å². The lowest BCUT2D eigenvalue weighted by Gasteiger charge is -2.37. The van der Waals surface area contributed by atoms with Crippen LogP contribution in [0.4, 0.5) is 5.69 Å². The van der Waals surface area contributed by atoms with Gasteiger partial charge in [-0.3, -0.25) is 9.59 Å². The third-order valence-corrected chi connectivity index (χ3v) is 5.62. The van der Waals surface area contributed by atoms with Crippen molar-refractivity contribution in [2.24, 2.45) is 0 Å². The predicted octanol–water partition coefficient (Wildman–Crippen LogP) is 3.17. The third kappa shape index (κ3) is 4.27. The number of nitrogens with one attached hydrogen (secondary N) is 1. The number of carbonyl (C=O) groups is 1. The van der Waals surface area contributed by atoms with Crippen LogP contribution in [-0.4, -0.2) is 47.0 Å². The number of aryl methyl sites for hydroxylation is 2. The molecule has 3 aromatic rings. The topological polar surface area (TPSA) is 69.3 Å². The molecule has 0 spiro atoms. The molecule has 1 aromatic heterocycles. The van der Waals surface area contributed by atoms with Crippen molar-refractivity contribution in [2.75, 3.05) is 31.1 Å². The molecule has 1 saturated heterocycles. The number of hydrogen-bond acceptors (Lipinski definition) is 4. The number of carbonyl (C=O) groups excluding carboxylic acids is 1. The summed E-state index contributed by atoms with van der Waals surface area (Å²) in [6, 6.07) is 13.1. The van der Waals surface area contributed by atoms with E-state index in [1.165, 1.54) is 5.56 Å². The van der Waals surface area contributed by atoms with Gasteiger partial charge >= 0.3 is 0 Å².